The van der Waals surface area contributed by atoms with E-state index in [2.05, 4.69) is 4.98 Å². The van der Waals surface area contributed by atoms with Gasteiger partial charge in [0, 0.05) is 62.0 Å². The minimum absolute atomic E-state index is 0.104. The number of rotatable bonds is 12. The zero-order chi connectivity index (χ0) is 24.0. The van der Waals surface area contributed by atoms with Crippen LogP contribution in [-0.4, -0.2) is 47.7 Å². The number of imidazole rings is 1. The van der Waals surface area contributed by atoms with E-state index in [9.17, 15) is 18.5 Å². The second-order valence-electron chi connectivity index (χ2n) is 7.03. The third kappa shape index (κ3) is 6.17. The summed E-state index contributed by atoms with van der Waals surface area (Å²) in [7, 11) is -2.59. The van der Waals surface area contributed by atoms with Crippen molar-refractivity contribution in [1.29, 1.82) is 0 Å². The largest absolute Gasteiger partial charge is 0.382 e. The number of hydrogen-bond acceptors (Lipinski definition) is 8. The van der Waals surface area contributed by atoms with Crippen molar-refractivity contribution in [2.24, 2.45) is 7.05 Å². The Morgan fingerprint density at radius 2 is 1.88 bits per heavy atom. The van der Waals surface area contributed by atoms with Gasteiger partial charge in [-0.3, -0.25) is 10.1 Å². The number of nitrogens with zero attached hydrogens (tertiary/aromatic N) is 4. The van der Waals surface area contributed by atoms with Crippen molar-refractivity contribution in [1.82, 2.24) is 9.55 Å². The van der Waals surface area contributed by atoms with Crippen LogP contribution < -0.4 is 9.08 Å². The van der Waals surface area contributed by atoms with Crippen LogP contribution in [0.15, 0.2) is 48.1 Å². The molecule has 0 amide bonds. The zero-order valence-corrected chi connectivity index (χ0v) is 20.8. The molecule has 2 heterocycles. The van der Waals surface area contributed by atoms with E-state index in [1.165, 1.54) is 6.20 Å². The lowest BCUT2D eigenvalue weighted by Gasteiger charge is -2.23. The van der Waals surface area contributed by atoms with Gasteiger partial charge < -0.3 is 13.7 Å². The Hall–Kier alpha value is -2.34. The van der Waals surface area contributed by atoms with Crippen molar-refractivity contribution < 1.29 is 17.5 Å². The molecule has 0 aliphatic carbocycles. The van der Waals surface area contributed by atoms with Gasteiger partial charge in [0.1, 0.15) is 11.6 Å². The molecule has 0 radical (unpaired) electrons. The van der Waals surface area contributed by atoms with Gasteiger partial charge in [0.25, 0.3) is 0 Å². The van der Waals surface area contributed by atoms with Crippen molar-refractivity contribution in [2.75, 3.05) is 29.7 Å². The molecule has 13 heteroatoms. The van der Waals surface area contributed by atoms with Gasteiger partial charge in [-0.05, 0) is 35.7 Å². The Kier molecular flexibility index (Phi) is 8.57. The maximum absolute atomic E-state index is 13.3. The lowest BCUT2D eigenvalue weighted by molar-refractivity contribution is -0.380. The number of halogens is 2. The first-order chi connectivity index (χ1) is 15.8. The fraction of sp³-hybridized carbons (Fsp3) is 0.350. The Balaban J connectivity index is 1.88. The highest BCUT2D eigenvalue weighted by Crippen LogP contribution is 2.34. The maximum Gasteiger partial charge on any atom is 0.327 e. The molecule has 3 aromatic rings. The van der Waals surface area contributed by atoms with Crippen LogP contribution in [0.1, 0.15) is 16.6 Å². The molecule has 178 valence electrons. The molecule has 0 aliphatic heterocycles. The van der Waals surface area contributed by atoms with E-state index < -0.39 is 20.3 Å². The van der Waals surface area contributed by atoms with Crippen molar-refractivity contribution >= 4 is 55.3 Å². The number of hydrogen-bond donors (Lipinski definition) is 0. The van der Waals surface area contributed by atoms with Gasteiger partial charge in [-0.2, -0.15) is 8.42 Å². The van der Waals surface area contributed by atoms with Crippen LogP contribution in [0.5, 0.6) is 5.75 Å². The topological polar surface area (TPSA) is 108 Å². The molecule has 33 heavy (non-hydrogen) atoms. The fourth-order valence-corrected chi connectivity index (χ4v) is 5.85. The summed E-state index contributed by atoms with van der Waals surface area (Å²) in [6.45, 7) is 1.18. The smallest absolute Gasteiger partial charge is 0.327 e. The second-order valence-corrected chi connectivity index (χ2v) is 10.4. The molecule has 2 aromatic heterocycles. The number of alkyl halides is 2. The van der Waals surface area contributed by atoms with Crippen LogP contribution in [0.25, 0.3) is 0 Å². The summed E-state index contributed by atoms with van der Waals surface area (Å²) in [4.78, 5) is 17.0. The van der Waals surface area contributed by atoms with Gasteiger partial charge in [0.05, 0.1) is 4.92 Å². The molecule has 0 fully saturated rings. The second kappa shape index (κ2) is 11.2. The summed E-state index contributed by atoms with van der Waals surface area (Å²) in [6, 6.07) is 8.09. The summed E-state index contributed by atoms with van der Waals surface area (Å²) in [5.41, 5.74) is 1.13. The van der Waals surface area contributed by atoms with Crippen molar-refractivity contribution in [3.63, 3.8) is 0 Å². The van der Waals surface area contributed by atoms with Crippen molar-refractivity contribution in [3.05, 3.63) is 69.6 Å². The molecule has 1 unspecified atom stereocenters. The summed E-state index contributed by atoms with van der Waals surface area (Å²) in [6.07, 6.45) is 2.93. The van der Waals surface area contributed by atoms with E-state index in [0.717, 1.165) is 17.0 Å². The quantitative estimate of drug-likeness (QED) is 0.147. The monoisotopic (exact) mass is 532 g/mol. The molecular weight excluding hydrogens is 511 g/mol. The highest BCUT2D eigenvalue weighted by molar-refractivity contribution is 7.87. The number of anilines is 1. The minimum atomic E-state index is -4.25. The van der Waals surface area contributed by atoms with E-state index in [1.807, 2.05) is 4.90 Å². The van der Waals surface area contributed by atoms with E-state index in [4.69, 9.17) is 27.4 Å². The molecule has 0 aliphatic rings. The van der Waals surface area contributed by atoms with Crippen LogP contribution in [0.4, 0.5) is 10.7 Å². The molecule has 0 saturated carbocycles. The van der Waals surface area contributed by atoms with Gasteiger partial charge >= 0.3 is 15.1 Å². The SMILES string of the molecule is Cn1ccnc1C(Cc1ccsc1[N+](=O)[O-])S(=O)(=O)Oc1ccc(N(CCCl)CCCl)cc1. The number of benzene rings is 1. The fourth-order valence-electron chi connectivity index (χ4n) is 3.33. The molecule has 0 N–H and O–H groups in total. The number of aryl methyl sites for hydroxylation is 1. The first-order valence-electron chi connectivity index (χ1n) is 9.85. The van der Waals surface area contributed by atoms with E-state index >= 15 is 0 Å². The highest BCUT2D eigenvalue weighted by atomic mass is 35.5. The Morgan fingerprint density at radius 3 is 2.42 bits per heavy atom. The molecule has 3 rings (SSSR count). The van der Waals surface area contributed by atoms with Gasteiger partial charge in [0.2, 0.25) is 0 Å². The van der Waals surface area contributed by atoms with Crippen LogP contribution in [0.2, 0.25) is 0 Å². The standard InChI is InChI=1S/C20H22Cl2N4O5S2/c1-24-12-9-23-19(24)18(14-15-6-13-32-20(15)26(27)28)33(29,30)31-17-4-2-16(3-5-17)25(10-7-21)11-8-22/h2-6,9,12-13,18H,7-8,10-11,14H2,1H3. The molecule has 9 nitrogen and oxygen atoms in total. The molecule has 1 aromatic carbocycles. The Morgan fingerprint density at radius 1 is 1.21 bits per heavy atom. The first kappa shape index (κ1) is 25.3. The van der Waals surface area contributed by atoms with Gasteiger partial charge in [0.15, 0.2) is 5.25 Å². The van der Waals surface area contributed by atoms with E-state index in [1.54, 1.807) is 53.5 Å². The normalized spacial score (nSPS) is 12.5. The Bertz CT molecular complexity index is 1180. The first-order valence-corrected chi connectivity index (χ1v) is 13.3. The third-order valence-corrected chi connectivity index (χ3v) is 7.66. The average Bonchev–Trinajstić information content (AvgIpc) is 3.41. The molecule has 1 atom stereocenters. The Labute approximate surface area is 205 Å². The van der Waals surface area contributed by atoms with Gasteiger partial charge in [-0.25, -0.2) is 4.98 Å². The highest BCUT2D eigenvalue weighted by Gasteiger charge is 2.35. The summed E-state index contributed by atoms with van der Waals surface area (Å²) >= 11 is 12.6. The lowest BCUT2D eigenvalue weighted by atomic mass is 10.1. The summed E-state index contributed by atoms with van der Waals surface area (Å²) in [5, 5.41) is 11.5. The zero-order valence-electron chi connectivity index (χ0n) is 17.6. The van der Waals surface area contributed by atoms with Crippen LogP contribution in [0, 0.1) is 10.1 Å². The van der Waals surface area contributed by atoms with Crippen molar-refractivity contribution in [2.45, 2.75) is 11.7 Å². The van der Waals surface area contributed by atoms with E-state index in [-0.39, 0.29) is 23.0 Å². The number of aromatic nitrogens is 2. The van der Waals surface area contributed by atoms with Crippen LogP contribution in [-0.2, 0) is 23.6 Å². The van der Waals surface area contributed by atoms with E-state index in [0.29, 0.717) is 30.4 Å². The lowest BCUT2D eigenvalue weighted by Crippen LogP contribution is -2.27. The van der Waals surface area contributed by atoms with Gasteiger partial charge in [-0.1, -0.05) is 11.3 Å². The molecule has 0 saturated heterocycles. The summed E-state index contributed by atoms with van der Waals surface area (Å²) in [5.74, 6) is 1.18. The predicted octanol–water partition coefficient (Wildman–Crippen LogP) is 4.37. The predicted molar refractivity (Wildman–Crippen MR) is 130 cm³/mol. The molecule has 0 spiro atoms. The summed E-state index contributed by atoms with van der Waals surface area (Å²) < 4.78 is 33.6. The third-order valence-electron chi connectivity index (χ3n) is 4.91. The van der Waals surface area contributed by atoms with Crippen LogP contribution in [0.3, 0.4) is 0 Å². The minimum Gasteiger partial charge on any atom is -0.382 e. The average molecular weight is 533 g/mol. The molecular formula is C20H22Cl2N4O5S2. The van der Waals surface area contributed by atoms with Crippen molar-refractivity contribution in [3.8, 4) is 5.75 Å². The molecule has 0 bridgehead atoms. The number of thiophene rings is 1. The van der Waals surface area contributed by atoms with Crippen LogP contribution >= 0.6 is 34.5 Å². The maximum atomic E-state index is 13.3. The van der Waals surface area contributed by atoms with Gasteiger partial charge in [-0.15, -0.1) is 23.2 Å². The number of nitro groups is 1.